The van der Waals surface area contributed by atoms with Crippen LogP contribution in [0.15, 0.2) is 54.7 Å². The summed E-state index contributed by atoms with van der Waals surface area (Å²) in [6.45, 7) is 0. The highest BCUT2D eigenvalue weighted by Gasteiger charge is 2.24. The summed E-state index contributed by atoms with van der Waals surface area (Å²) < 4.78 is 4.89. The number of rotatable bonds is 5. The van der Waals surface area contributed by atoms with E-state index in [1.807, 2.05) is 30.5 Å². The van der Waals surface area contributed by atoms with E-state index in [9.17, 15) is 9.59 Å². The zero-order valence-corrected chi connectivity index (χ0v) is 15.8. The lowest BCUT2D eigenvalue weighted by Crippen LogP contribution is -2.43. The molecular weight excluding hydrogens is 378 g/mol. The second-order valence-corrected chi connectivity index (χ2v) is 6.96. The standard InChI is InChI=1S/C21H18ClN3O3/c1-28-21(27)19(10-13-11-23-17-5-3-2-4-15(13)17)25-20(26)18-9-12-8-14(22)6-7-16(12)24-18/h2-9,11,19,23-24H,10H2,1H3,(H,25,26). The van der Waals surface area contributed by atoms with Crippen LogP contribution in [0.2, 0.25) is 5.02 Å². The van der Waals surface area contributed by atoms with Gasteiger partial charge in [-0.25, -0.2) is 4.79 Å². The number of ether oxygens (including phenoxy) is 1. The molecule has 4 aromatic rings. The molecule has 6 nitrogen and oxygen atoms in total. The molecule has 2 heterocycles. The average molecular weight is 396 g/mol. The van der Waals surface area contributed by atoms with Crippen LogP contribution in [0.5, 0.6) is 0 Å². The highest BCUT2D eigenvalue weighted by molar-refractivity contribution is 6.31. The monoisotopic (exact) mass is 395 g/mol. The van der Waals surface area contributed by atoms with Crippen molar-refractivity contribution in [1.29, 1.82) is 0 Å². The number of benzene rings is 2. The van der Waals surface area contributed by atoms with Crippen LogP contribution in [-0.4, -0.2) is 35.0 Å². The molecule has 2 aromatic carbocycles. The molecule has 0 radical (unpaired) electrons. The molecule has 0 fully saturated rings. The molecule has 0 saturated carbocycles. The molecule has 0 aliphatic rings. The van der Waals surface area contributed by atoms with E-state index in [1.165, 1.54) is 7.11 Å². The number of aromatic amines is 2. The van der Waals surface area contributed by atoms with E-state index in [0.29, 0.717) is 17.1 Å². The fraction of sp³-hybridized carbons (Fsp3) is 0.143. The first-order valence-electron chi connectivity index (χ1n) is 8.77. The van der Waals surface area contributed by atoms with E-state index in [-0.39, 0.29) is 5.91 Å². The Hall–Kier alpha value is -3.25. The number of carbonyl (C=O) groups excluding carboxylic acids is 2. The Labute approximate surface area is 165 Å². The molecule has 3 N–H and O–H groups in total. The SMILES string of the molecule is COC(=O)C(Cc1c[nH]c2ccccc12)NC(=O)c1cc2cc(Cl)ccc2[nH]1. The van der Waals surface area contributed by atoms with Crippen LogP contribution >= 0.6 is 11.6 Å². The van der Waals surface area contributed by atoms with Gasteiger partial charge in [0.05, 0.1) is 7.11 Å². The van der Waals surface area contributed by atoms with Gasteiger partial charge in [0.1, 0.15) is 11.7 Å². The Morgan fingerprint density at radius 3 is 2.79 bits per heavy atom. The van der Waals surface area contributed by atoms with Crippen LogP contribution in [0.25, 0.3) is 21.8 Å². The van der Waals surface area contributed by atoms with Gasteiger partial charge in [0.15, 0.2) is 0 Å². The summed E-state index contributed by atoms with van der Waals surface area (Å²) in [5, 5.41) is 5.19. The van der Waals surface area contributed by atoms with Crippen LogP contribution in [0.4, 0.5) is 0 Å². The maximum Gasteiger partial charge on any atom is 0.328 e. The average Bonchev–Trinajstić information content (AvgIpc) is 3.30. The van der Waals surface area contributed by atoms with Gasteiger partial charge in [-0.3, -0.25) is 4.79 Å². The van der Waals surface area contributed by atoms with Crippen molar-refractivity contribution in [3.63, 3.8) is 0 Å². The summed E-state index contributed by atoms with van der Waals surface area (Å²) in [5.41, 5.74) is 3.04. The number of para-hydroxylation sites is 1. The summed E-state index contributed by atoms with van der Waals surface area (Å²) >= 11 is 6.00. The summed E-state index contributed by atoms with van der Waals surface area (Å²) in [5.74, 6) is -0.889. The fourth-order valence-electron chi connectivity index (χ4n) is 3.32. The zero-order chi connectivity index (χ0) is 19.7. The van der Waals surface area contributed by atoms with Gasteiger partial charge in [0.25, 0.3) is 5.91 Å². The molecule has 1 atom stereocenters. The first-order chi connectivity index (χ1) is 13.5. The van der Waals surface area contributed by atoms with Gasteiger partial charge in [-0.15, -0.1) is 0 Å². The van der Waals surface area contributed by atoms with E-state index in [2.05, 4.69) is 15.3 Å². The Balaban J connectivity index is 1.58. The predicted octanol–water partition coefficient (Wildman–Crippen LogP) is 3.82. The molecule has 1 amide bonds. The summed E-state index contributed by atoms with van der Waals surface area (Å²) in [7, 11) is 1.31. The first-order valence-corrected chi connectivity index (χ1v) is 9.15. The number of aromatic nitrogens is 2. The Bertz CT molecular complexity index is 1180. The van der Waals surface area contributed by atoms with Crippen molar-refractivity contribution in [3.8, 4) is 0 Å². The third kappa shape index (κ3) is 3.46. The van der Waals surface area contributed by atoms with Gasteiger partial charge in [-0.05, 0) is 35.9 Å². The van der Waals surface area contributed by atoms with Crippen molar-refractivity contribution < 1.29 is 14.3 Å². The van der Waals surface area contributed by atoms with Crippen molar-refractivity contribution >= 4 is 45.3 Å². The van der Waals surface area contributed by atoms with E-state index in [0.717, 1.165) is 27.4 Å². The van der Waals surface area contributed by atoms with Crippen LogP contribution in [0.1, 0.15) is 16.1 Å². The minimum absolute atomic E-state index is 0.314. The van der Waals surface area contributed by atoms with E-state index in [1.54, 1.807) is 24.3 Å². The molecule has 0 bridgehead atoms. The maximum absolute atomic E-state index is 12.7. The van der Waals surface area contributed by atoms with E-state index >= 15 is 0 Å². The number of fused-ring (bicyclic) bond motifs is 2. The lowest BCUT2D eigenvalue weighted by Gasteiger charge is -2.15. The van der Waals surface area contributed by atoms with Crippen LogP contribution in [0, 0.1) is 0 Å². The van der Waals surface area contributed by atoms with Crippen LogP contribution in [-0.2, 0) is 16.0 Å². The molecule has 7 heteroatoms. The number of hydrogen-bond donors (Lipinski definition) is 3. The quantitative estimate of drug-likeness (QED) is 0.449. The number of hydrogen-bond acceptors (Lipinski definition) is 3. The van der Waals surface area contributed by atoms with Crippen LogP contribution in [0.3, 0.4) is 0 Å². The Kier molecular flexibility index (Phi) is 4.79. The van der Waals surface area contributed by atoms with Crippen molar-refractivity contribution in [2.45, 2.75) is 12.5 Å². The third-order valence-corrected chi connectivity index (χ3v) is 4.95. The molecule has 142 valence electrons. The molecule has 2 aromatic heterocycles. The second kappa shape index (κ2) is 7.40. The third-order valence-electron chi connectivity index (χ3n) is 4.72. The highest BCUT2D eigenvalue weighted by Crippen LogP contribution is 2.21. The van der Waals surface area contributed by atoms with Crippen molar-refractivity contribution in [1.82, 2.24) is 15.3 Å². The molecule has 0 spiro atoms. The number of carbonyl (C=O) groups is 2. The van der Waals surface area contributed by atoms with Gasteiger partial charge >= 0.3 is 5.97 Å². The number of halogens is 1. The number of nitrogens with one attached hydrogen (secondary N) is 3. The largest absolute Gasteiger partial charge is 0.467 e. The van der Waals surface area contributed by atoms with Gasteiger partial charge in [-0.2, -0.15) is 0 Å². The molecule has 1 unspecified atom stereocenters. The van der Waals surface area contributed by atoms with Gasteiger partial charge in [0.2, 0.25) is 0 Å². The zero-order valence-electron chi connectivity index (χ0n) is 15.1. The van der Waals surface area contributed by atoms with Crippen molar-refractivity contribution in [3.05, 3.63) is 71.0 Å². The van der Waals surface area contributed by atoms with Gasteiger partial charge in [-0.1, -0.05) is 29.8 Å². The lowest BCUT2D eigenvalue weighted by molar-refractivity contribution is -0.142. The molecule has 0 saturated heterocycles. The van der Waals surface area contributed by atoms with Crippen molar-refractivity contribution in [2.75, 3.05) is 7.11 Å². The minimum atomic E-state index is -0.813. The molecular formula is C21H18ClN3O3. The summed E-state index contributed by atoms with van der Waals surface area (Å²) in [6.07, 6.45) is 2.16. The summed E-state index contributed by atoms with van der Waals surface area (Å²) in [4.78, 5) is 31.2. The van der Waals surface area contributed by atoms with E-state index < -0.39 is 12.0 Å². The first kappa shape index (κ1) is 18.1. The number of H-pyrrole nitrogens is 2. The normalized spacial score (nSPS) is 12.2. The fourth-order valence-corrected chi connectivity index (χ4v) is 3.50. The number of amides is 1. The molecule has 0 aliphatic heterocycles. The lowest BCUT2D eigenvalue weighted by atomic mass is 10.0. The Morgan fingerprint density at radius 1 is 1.14 bits per heavy atom. The summed E-state index contributed by atoms with van der Waals surface area (Å²) in [6, 6.07) is 14.0. The van der Waals surface area contributed by atoms with Gasteiger partial charge < -0.3 is 20.0 Å². The van der Waals surface area contributed by atoms with E-state index in [4.69, 9.17) is 16.3 Å². The van der Waals surface area contributed by atoms with Crippen LogP contribution < -0.4 is 5.32 Å². The molecule has 28 heavy (non-hydrogen) atoms. The molecule has 0 aliphatic carbocycles. The molecule has 4 rings (SSSR count). The Morgan fingerprint density at radius 2 is 1.96 bits per heavy atom. The second-order valence-electron chi connectivity index (χ2n) is 6.53. The minimum Gasteiger partial charge on any atom is -0.467 e. The smallest absolute Gasteiger partial charge is 0.328 e. The topological polar surface area (TPSA) is 87.0 Å². The van der Waals surface area contributed by atoms with Crippen molar-refractivity contribution in [2.24, 2.45) is 0 Å². The maximum atomic E-state index is 12.7. The highest BCUT2D eigenvalue weighted by atomic mass is 35.5. The number of esters is 1. The predicted molar refractivity (Wildman–Crippen MR) is 109 cm³/mol. The van der Waals surface area contributed by atoms with Gasteiger partial charge in [0, 0.05) is 39.4 Å². The number of methoxy groups -OCH3 is 1.